The molecule has 2 nitrogen and oxygen atoms in total. The zero-order valence-corrected chi connectivity index (χ0v) is 9.80. The smallest absolute Gasteiger partial charge is 0.209 e. The van der Waals surface area contributed by atoms with E-state index in [0.717, 1.165) is 19.3 Å². The van der Waals surface area contributed by atoms with Gasteiger partial charge in [-0.25, -0.2) is 0 Å². The molecule has 1 aliphatic rings. The molecule has 0 atom stereocenters. The lowest BCUT2D eigenvalue weighted by atomic mass is 9.81. The van der Waals surface area contributed by atoms with Crippen molar-refractivity contribution in [2.75, 3.05) is 7.05 Å². The molecule has 0 aromatic heterocycles. The molecule has 0 aliphatic heterocycles. The Morgan fingerprint density at radius 1 is 1.12 bits per heavy atom. The summed E-state index contributed by atoms with van der Waals surface area (Å²) in [6.07, 6.45) is 5.62. The Hall–Kier alpha value is -1.31. The average molecular weight is 217 g/mol. The van der Waals surface area contributed by atoms with Crippen molar-refractivity contribution < 1.29 is 4.79 Å². The fourth-order valence-corrected chi connectivity index (χ4v) is 2.63. The summed E-state index contributed by atoms with van der Waals surface area (Å²) in [6.45, 7) is 0. The minimum Gasteiger partial charge on any atom is -0.345 e. The average Bonchev–Trinajstić information content (AvgIpc) is 2.39. The van der Waals surface area contributed by atoms with Crippen molar-refractivity contribution in [3.63, 3.8) is 0 Å². The van der Waals surface area contributed by atoms with Gasteiger partial charge in [0.25, 0.3) is 0 Å². The molecule has 1 aliphatic carbocycles. The first-order chi connectivity index (χ1) is 7.81. The fourth-order valence-electron chi connectivity index (χ4n) is 2.63. The highest BCUT2D eigenvalue weighted by Crippen LogP contribution is 2.33. The number of rotatable bonds is 3. The van der Waals surface area contributed by atoms with Crippen LogP contribution in [0.5, 0.6) is 0 Å². The third kappa shape index (κ3) is 2.43. The van der Waals surface area contributed by atoms with Crippen LogP contribution >= 0.6 is 0 Å². The van der Waals surface area contributed by atoms with E-state index in [2.05, 4.69) is 30.3 Å². The van der Waals surface area contributed by atoms with E-state index in [1.807, 2.05) is 11.9 Å². The van der Waals surface area contributed by atoms with Crippen LogP contribution in [0.25, 0.3) is 0 Å². The maximum absolute atomic E-state index is 10.7. The zero-order chi connectivity index (χ0) is 11.4. The molecule has 0 spiro atoms. The van der Waals surface area contributed by atoms with Gasteiger partial charge >= 0.3 is 0 Å². The lowest BCUT2D eigenvalue weighted by molar-refractivity contribution is -0.119. The second-order valence-electron chi connectivity index (χ2n) is 4.69. The first-order valence-corrected chi connectivity index (χ1v) is 6.03. The second-order valence-corrected chi connectivity index (χ2v) is 4.69. The van der Waals surface area contributed by atoms with Crippen molar-refractivity contribution in [1.29, 1.82) is 0 Å². The summed E-state index contributed by atoms with van der Waals surface area (Å²) >= 11 is 0. The molecule has 86 valence electrons. The standard InChI is InChI=1S/C14H19NO/c1-15(11-16)14-9-7-13(8-10-14)12-5-3-2-4-6-12/h2-6,11,13-14H,7-10H2,1H3. The van der Waals surface area contributed by atoms with Crippen molar-refractivity contribution in [2.24, 2.45) is 0 Å². The highest BCUT2D eigenvalue weighted by Gasteiger charge is 2.23. The highest BCUT2D eigenvalue weighted by atomic mass is 16.1. The SMILES string of the molecule is CN(C=O)C1CCC(c2ccccc2)CC1. The molecule has 1 fully saturated rings. The minimum atomic E-state index is 0.456. The van der Waals surface area contributed by atoms with Crippen molar-refractivity contribution in [3.05, 3.63) is 35.9 Å². The summed E-state index contributed by atoms with van der Waals surface area (Å²) in [7, 11) is 1.89. The van der Waals surface area contributed by atoms with E-state index in [9.17, 15) is 4.79 Å². The molecular formula is C14H19NO. The molecule has 0 radical (unpaired) electrons. The van der Waals surface area contributed by atoms with Gasteiger partial charge in [0.15, 0.2) is 0 Å². The summed E-state index contributed by atoms with van der Waals surface area (Å²) < 4.78 is 0. The largest absolute Gasteiger partial charge is 0.345 e. The van der Waals surface area contributed by atoms with Gasteiger partial charge in [-0.2, -0.15) is 0 Å². The number of hydrogen-bond donors (Lipinski definition) is 0. The molecule has 0 N–H and O–H groups in total. The van der Waals surface area contributed by atoms with E-state index in [0.29, 0.717) is 12.0 Å². The molecule has 1 aromatic rings. The number of nitrogens with zero attached hydrogens (tertiary/aromatic N) is 1. The third-order valence-corrected chi connectivity index (χ3v) is 3.71. The molecule has 16 heavy (non-hydrogen) atoms. The van der Waals surface area contributed by atoms with Crippen LogP contribution in [0.4, 0.5) is 0 Å². The number of hydrogen-bond acceptors (Lipinski definition) is 1. The summed E-state index contributed by atoms with van der Waals surface area (Å²) in [5.41, 5.74) is 1.45. The number of benzene rings is 1. The molecule has 0 heterocycles. The van der Waals surface area contributed by atoms with Gasteiger partial charge in [-0.15, -0.1) is 0 Å². The first kappa shape index (κ1) is 11.2. The van der Waals surface area contributed by atoms with E-state index < -0.39 is 0 Å². The first-order valence-electron chi connectivity index (χ1n) is 6.03. The van der Waals surface area contributed by atoms with E-state index in [1.165, 1.54) is 18.4 Å². The Morgan fingerprint density at radius 2 is 1.75 bits per heavy atom. The summed E-state index contributed by atoms with van der Waals surface area (Å²) in [5.74, 6) is 0.692. The Bertz CT molecular complexity index is 328. The molecule has 2 heteroatoms. The Kier molecular flexibility index (Phi) is 3.60. The lowest BCUT2D eigenvalue weighted by Gasteiger charge is -2.32. The fraction of sp³-hybridized carbons (Fsp3) is 0.500. The van der Waals surface area contributed by atoms with Crippen LogP contribution in [0, 0.1) is 0 Å². The number of amides is 1. The summed E-state index contributed by atoms with van der Waals surface area (Å²) in [6, 6.07) is 11.2. The number of carbonyl (C=O) groups is 1. The molecule has 1 amide bonds. The van der Waals surface area contributed by atoms with Crippen LogP contribution in [0.15, 0.2) is 30.3 Å². The molecular weight excluding hydrogens is 198 g/mol. The predicted octanol–water partition coefficient (Wildman–Crippen LogP) is 2.80. The van der Waals surface area contributed by atoms with E-state index in [1.54, 1.807) is 0 Å². The van der Waals surface area contributed by atoms with Gasteiger partial charge in [0.1, 0.15) is 0 Å². The predicted molar refractivity (Wildman–Crippen MR) is 65.3 cm³/mol. The molecule has 2 rings (SSSR count). The monoisotopic (exact) mass is 217 g/mol. The maximum atomic E-state index is 10.7. The molecule has 0 unspecified atom stereocenters. The summed E-state index contributed by atoms with van der Waals surface area (Å²) in [5, 5.41) is 0. The van der Waals surface area contributed by atoms with E-state index >= 15 is 0 Å². The van der Waals surface area contributed by atoms with Crippen molar-refractivity contribution >= 4 is 6.41 Å². The molecule has 0 bridgehead atoms. The third-order valence-electron chi connectivity index (χ3n) is 3.71. The molecule has 1 aromatic carbocycles. The normalized spacial score (nSPS) is 25.1. The van der Waals surface area contributed by atoms with Gasteiger partial charge < -0.3 is 4.90 Å². The quantitative estimate of drug-likeness (QED) is 0.713. The molecule has 0 saturated heterocycles. The van der Waals surface area contributed by atoms with Crippen LogP contribution in [-0.4, -0.2) is 24.4 Å². The van der Waals surface area contributed by atoms with Crippen LogP contribution in [0.1, 0.15) is 37.2 Å². The Labute approximate surface area is 97.3 Å². The van der Waals surface area contributed by atoms with Gasteiger partial charge in [0, 0.05) is 13.1 Å². The zero-order valence-electron chi connectivity index (χ0n) is 9.80. The van der Waals surface area contributed by atoms with Crippen LogP contribution < -0.4 is 0 Å². The van der Waals surface area contributed by atoms with Crippen molar-refractivity contribution in [2.45, 2.75) is 37.6 Å². The summed E-state index contributed by atoms with van der Waals surface area (Å²) in [4.78, 5) is 12.5. The van der Waals surface area contributed by atoms with Crippen molar-refractivity contribution in [3.8, 4) is 0 Å². The van der Waals surface area contributed by atoms with Gasteiger partial charge in [-0.1, -0.05) is 30.3 Å². The number of carbonyl (C=O) groups excluding carboxylic acids is 1. The van der Waals surface area contributed by atoms with Crippen molar-refractivity contribution in [1.82, 2.24) is 4.90 Å². The Balaban J connectivity index is 1.93. The van der Waals surface area contributed by atoms with Gasteiger partial charge in [0.05, 0.1) is 0 Å². The topological polar surface area (TPSA) is 20.3 Å². The van der Waals surface area contributed by atoms with Gasteiger partial charge in [0.2, 0.25) is 6.41 Å². The Morgan fingerprint density at radius 3 is 2.31 bits per heavy atom. The highest BCUT2D eigenvalue weighted by molar-refractivity contribution is 5.47. The maximum Gasteiger partial charge on any atom is 0.209 e. The van der Waals surface area contributed by atoms with Crippen LogP contribution in [-0.2, 0) is 4.79 Å². The van der Waals surface area contributed by atoms with E-state index in [4.69, 9.17) is 0 Å². The molecule has 1 saturated carbocycles. The lowest BCUT2D eigenvalue weighted by Crippen LogP contribution is -2.33. The van der Waals surface area contributed by atoms with Gasteiger partial charge in [-0.05, 0) is 37.2 Å². The van der Waals surface area contributed by atoms with Crippen LogP contribution in [0.2, 0.25) is 0 Å². The van der Waals surface area contributed by atoms with E-state index in [-0.39, 0.29) is 0 Å². The van der Waals surface area contributed by atoms with Crippen LogP contribution in [0.3, 0.4) is 0 Å². The minimum absolute atomic E-state index is 0.456. The van der Waals surface area contributed by atoms with Gasteiger partial charge in [-0.3, -0.25) is 4.79 Å². The second kappa shape index (κ2) is 5.15.